The number of anilines is 2. The number of methoxy groups -OCH3 is 1. The van der Waals surface area contributed by atoms with Gasteiger partial charge in [0.05, 0.1) is 18.7 Å². The molecule has 1 aromatic heterocycles. The lowest BCUT2D eigenvalue weighted by Crippen LogP contribution is -2.28. The zero-order chi connectivity index (χ0) is 17.3. The summed E-state index contributed by atoms with van der Waals surface area (Å²) in [7, 11) is 3.29. The van der Waals surface area contributed by atoms with E-state index >= 15 is 0 Å². The first-order valence-corrected chi connectivity index (χ1v) is 7.80. The Balaban J connectivity index is 1.76. The maximum atomic E-state index is 12.4. The van der Waals surface area contributed by atoms with E-state index in [-0.39, 0.29) is 24.8 Å². The number of nitrogens with one attached hydrogen (secondary N) is 1. The number of halogens is 1. The Morgan fingerprint density at radius 3 is 2.88 bits per heavy atom. The van der Waals surface area contributed by atoms with Crippen LogP contribution in [0.25, 0.3) is 0 Å². The first-order chi connectivity index (χ1) is 11.5. The Hall–Kier alpha value is -2.54. The lowest BCUT2D eigenvalue weighted by atomic mass is 10.1. The van der Waals surface area contributed by atoms with E-state index in [0.717, 1.165) is 0 Å². The average Bonchev–Trinajstić information content (AvgIpc) is 3.13. The smallest absolute Gasteiger partial charge is 0.231 e. The topological polar surface area (TPSA) is 76.5 Å². The molecule has 0 unspecified atom stereocenters. The third kappa shape index (κ3) is 3.21. The molecule has 1 fully saturated rings. The molecule has 8 heteroatoms. The number of hydrogen-bond acceptors (Lipinski definition) is 4. The molecular formula is C16H17ClN4O3. The predicted octanol–water partition coefficient (Wildman–Crippen LogP) is 2.07. The second-order valence-electron chi connectivity index (χ2n) is 5.59. The molecule has 3 rings (SSSR count). The molecule has 0 saturated carbocycles. The first-order valence-electron chi connectivity index (χ1n) is 7.42. The summed E-state index contributed by atoms with van der Waals surface area (Å²) >= 11 is 6.03. The van der Waals surface area contributed by atoms with Crippen molar-refractivity contribution in [1.82, 2.24) is 9.78 Å². The van der Waals surface area contributed by atoms with E-state index in [1.807, 2.05) is 0 Å². The Kier molecular flexibility index (Phi) is 4.44. The summed E-state index contributed by atoms with van der Waals surface area (Å²) in [6.07, 6.45) is 1.87. The Labute approximate surface area is 144 Å². The summed E-state index contributed by atoms with van der Waals surface area (Å²) in [5, 5.41) is 7.34. The molecule has 1 aliphatic rings. The Morgan fingerprint density at radius 2 is 2.21 bits per heavy atom. The van der Waals surface area contributed by atoms with Gasteiger partial charge in [-0.25, -0.2) is 0 Å². The molecule has 24 heavy (non-hydrogen) atoms. The van der Waals surface area contributed by atoms with Crippen molar-refractivity contribution in [2.24, 2.45) is 13.0 Å². The van der Waals surface area contributed by atoms with Gasteiger partial charge in [-0.3, -0.25) is 14.3 Å². The largest absolute Gasteiger partial charge is 0.495 e. The van der Waals surface area contributed by atoms with Crippen LogP contribution in [0.3, 0.4) is 0 Å². The SMILES string of the molecule is COc1ccc(Cl)cc1N1C[C@@H](C(=O)Nc2ccn(C)n2)CC1=O. The number of rotatable bonds is 4. The van der Waals surface area contributed by atoms with Crippen LogP contribution in [-0.2, 0) is 16.6 Å². The number of benzene rings is 1. The van der Waals surface area contributed by atoms with Crippen molar-refractivity contribution in [3.8, 4) is 5.75 Å². The normalized spacial score (nSPS) is 17.2. The van der Waals surface area contributed by atoms with E-state index in [4.69, 9.17) is 16.3 Å². The van der Waals surface area contributed by atoms with Crippen LogP contribution in [0, 0.1) is 5.92 Å². The standard InChI is InChI=1S/C16H17ClN4O3/c1-20-6-5-14(19-20)18-16(23)10-7-15(22)21(9-10)12-8-11(17)3-4-13(12)24-2/h3-6,8,10H,7,9H2,1-2H3,(H,18,19,23)/t10-/m0/s1. The molecule has 1 atom stereocenters. The summed E-state index contributed by atoms with van der Waals surface area (Å²) < 4.78 is 6.89. The summed E-state index contributed by atoms with van der Waals surface area (Å²) in [6, 6.07) is 6.76. The predicted molar refractivity (Wildman–Crippen MR) is 90.3 cm³/mol. The number of carbonyl (C=O) groups excluding carboxylic acids is 2. The summed E-state index contributed by atoms with van der Waals surface area (Å²) in [6.45, 7) is 0.272. The van der Waals surface area contributed by atoms with Gasteiger partial charge >= 0.3 is 0 Å². The lowest BCUT2D eigenvalue weighted by Gasteiger charge is -2.19. The molecule has 0 aliphatic carbocycles. The van der Waals surface area contributed by atoms with Crippen molar-refractivity contribution in [2.45, 2.75) is 6.42 Å². The van der Waals surface area contributed by atoms with Gasteiger partial charge in [-0.15, -0.1) is 0 Å². The highest BCUT2D eigenvalue weighted by Gasteiger charge is 2.36. The molecule has 0 bridgehead atoms. The van der Waals surface area contributed by atoms with Crippen LogP contribution in [0.4, 0.5) is 11.5 Å². The molecular weight excluding hydrogens is 332 g/mol. The molecule has 126 valence electrons. The highest BCUT2D eigenvalue weighted by molar-refractivity contribution is 6.31. The van der Waals surface area contributed by atoms with E-state index in [0.29, 0.717) is 22.3 Å². The number of ether oxygens (including phenoxy) is 1. The van der Waals surface area contributed by atoms with Crippen LogP contribution in [-0.4, -0.2) is 35.2 Å². The van der Waals surface area contributed by atoms with Crippen LogP contribution < -0.4 is 15.0 Å². The van der Waals surface area contributed by atoms with Crippen LogP contribution in [0.2, 0.25) is 5.02 Å². The highest BCUT2D eigenvalue weighted by Crippen LogP contribution is 2.35. The number of nitrogens with zero attached hydrogens (tertiary/aromatic N) is 3. The maximum Gasteiger partial charge on any atom is 0.231 e. The minimum atomic E-state index is -0.455. The molecule has 1 aliphatic heterocycles. The van der Waals surface area contributed by atoms with Crippen LogP contribution in [0.1, 0.15) is 6.42 Å². The van der Waals surface area contributed by atoms with Crippen molar-refractivity contribution in [2.75, 3.05) is 23.9 Å². The van der Waals surface area contributed by atoms with E-state index in [2.05, 4.69) is 10.4 Å². The van der Waals surface area contributed by atoms with Gasteiger partial charge in [0.1, 0.15) is 5.75 Å². The van der Waals surface area contributed by atoms with Gasteiger partial charge in [0.2, 0.25) is 11.8 Å². The van der Waals surface area contributed by atoms with Crippen molar-refractivity contribution in [3.63, 3.8) is 0 Å². The fraction of sp³-hybridized carbons (Fsp3) is 0.312. The molecule has 1 saturated heterocycles. The van der Waals surface area contributed by atoms with E-state index in [1.165, 1.54) is 12.0 Å². The zero-order valence-corrected chi connectivity index (χ0v) is 14.1. The maximum absolute atomic E-state index is 12.4. The molecule has 2 amide bonds. The number of hydrogen-bond donors (Lipinski definition) is 1. The number of amides is 2. The fourth-order valence-corrected chi connectivity index (χ4v) is 2.87. The second-order valence-corrected chi connectivity index (χ2v) is 6.02. The van der Waals surface area contributed by atoms with Crippen molar-refractivity contribution in [1.29, 1.82) is 0 Å². The first kappa shape index (κ1) is 16.3. The second kappa shape index (κ2) is 6.52. The van der Waals surface area contributed by atoms with E-state index < -0.39 is 5.92 Å². The van der Waals surface area contributed by atoms with Crippen molar-refractivity contribution in [3.05, 3.63) is 35.5 Å². The summed E-state index contributed by atoms with van der Waals surface area (Å²) in [4.78, 5) is 26.3. The monoisotopic (exact) mass is 348 g/mol. The third-order valence-electron chi connectivity index (χ3n) is 3.89. The Bertz CT molecular complexity index is 789. The quantitative estimate of drug-likeness (QED) is 0.917. The van der Waals surface area contributed by atoms with Gasteiger partial charge in [0, 0.05) is 37.3 Å². The minimum absolute atomic E-state index is 0.133. The van der Waals surface area contributed by atoms with Gasteiger partial charge in [0.15, 0.2) is 5.82 Å². The molecule has 1 N–H and O–H groups in total. The molecule has 0 radical (unpaired) electrons. The van der Waals surface area contributed by atoms with Crippen molar-refractivity contribution < 1.29 is 14.3 Å². The highest BCUT2D eigenvalue weighted by atomic mass is 35.5. The van der Waals surface area contributed by atoms with Gasteiger partial charge < -0.3 is 15.0 Å². The van der Waals surface area contributed by atoms with Gasteiger partial charge in [-0.1, -0.05) is 11.6 Å². The average molecular weight is 349 g/mol. The third-order valence-corrected chi connectivity index (χ3v) is 4.13. The van der Waals surface area contributed by atoms with E-state index in [1.54, 1.807) is 42.2 Å². The molecule has 0 spiro atoms. The molecule has 7 nitrogen and oxygen atoms in total. The Morgan fingerprint density at radius 1 is 1.42 bits per heavy atom. The molecule has 2 heterocycles. The number of aromatic nitrogens is 2. The summed E-state index contributed by atoms with van der Waals surface area (Å²) in [5.74, 6) is 0.178. The van der Waals surface area contributed by atoms with Crippen molar-refractivity contribution >= 4 is 34.9 Å². The van der Waals surface area contributed by atoms with Gasteiger partial charge in [-0.2, -0.15) is 5.10 Å². The number of carbonyl (C=O) groups is 2. The van der Waals surface area contributed by atoms with E-state index in [9.17, 15) is 9.59 Å². The van der Waals surface area contributed by atoms with Crippen LogP contribution in [0.5, 0.6) is 5.75 Å². The summed E-state index contributed by atoms with van der Waals surface area (Å²) in [5.41, 5.74) is 0.572. The van der Waals surface area contributed by atoms with Gasteiger partial charge in [0.25, 0.3) is 0 Å². The number of aryl methyl sites for hydroxylation is 1. The van der Waals surface area contributed by atoms with Crippen LogP contribution in [0.15, 0.2) is 30.5 Å². The molecule has 1 aromatic carbocycles. The fourth-order valence-electron chi connectivity index (χ4n) is 2.70. The van der Waals surface area contributed by atoms with Crippen LogP contribution >= 0.6 is 11.6 Å². The minimum Gasteiger partial charge on any atom is -0.495 e. The molecule has 2 aromatic rings. The van der Waals surface area contributed by atoms with Gasteiger partial charge in [-0.05, 0) is 18.2 Å². The lowest BCUT2D eigenvalue weighted by molar-refractivity contribution is -0.122. The zero-order valence-electron chi connectivity index (χ0n) is 13.3.